The molecule has 0 bridgehead atoms. The summed E-state index contributed by atoms with van der Waals surface area (Å²) in [5.41, 5.74) is 0. The number of phosphoric acid groups is 1. The van der Waals surface area contributed by atoms with Crippen molar-refractivity contribution in [2.45, 2.75) is 204 Å². The van der Waals surface area contributed by atoms with Gasteiger partial charge in [0.05, 0.1) is 13.2 Å². The van der Waals surface area contributed by atoms with Gasteiger partial charge in [-0.2, -0.15) is 0 Å². The van der Waals surface area contributed by atoms with Gasteiger partial charge in [0.15, 0.2) is 0 Å². The van der Waals surface area contributed by atoms with Gasteiger partial charge in [0, 0.05) is 13.0 Å². The molecule has 0 radical (unpaired) electrons. The molecule has 1 aliphatic rings. The molecule has 0 spiro atoms. The molecule has 0 aromatic carbocycles. The van der Waals surface area contributed by atoms with Crippen LogP contribution in [0.5, 0.6) is 0 Å². The zero-order chi connectivity index (χ0) is 42.0. The normalized spacial score (nSPS) is 23.3. The van der Waals surface area contributed by atoms with E-state index in [4.69, 9.17) is 18.5 Å². The van der Waals surface area contributed by atoms with Gasteiger partial charge < -0.3 is 39.9 Å². The molecule has 1 aliphatic carbocycles. The summed E-state index contributed by atoms with van der Waals surface area (Å²) in [4.78, 5) is 23.1. The monoisotopic (exact) mass is 831 g/mol. The molecule has 332 valence electrons. The predicted molar refractivity (Wildman–Crippen MR) is 225 cm³/mol. The summed E-state index contributed by atoms with van der Waals surface area (Å²) >= 11 is 0. The van der Waals surface area contributed by atoms with Gasteiger partial charge in [-0.25, -0.2) is 4.57 Å². The smallest absolute Gasteiger partial charge is 0.457 e. The van der Waals surface area contributed by atoms with E-state index in [-0.39, 0.29) is 13.0 Å². The molecule has 1 fully saturated rings. The van der Waals surface area contributed by atoms with Crippen molar-refractivity contribution in [1.29, 1.82) is 0 Å². The molecule has 12 nitrogen and oxygen atoms in total. The van der Waals surface area contributed by atoms with Crippen molar-refractivity contribution < 1.29 is 58.3 Å². The van der Waals surface area contributed by atoms with Crippen molar-refractivity contribution in [3.8, 4) is 0 Å². The molecule has 1 saturated carbocycles. The number of allylic oxidation sites excluding steroid dienone is 8. The van der Waals surface area contributed by atoms with E-state index in [1.54, 1.807) is 0 Å². The summed E-state index contributed by atoms with van der Waals surface area (Å²) in [5.74, 6) is -0.501. The second-order valence-corrected chi connectivity index (χ2v) is 16.6. The van der Waals surface area contributed by atoms with Crippen LogP contribution in [0.25, 0.3) is 0 Å². The molecule has 1 rings (SSSR count). The lowest BCUT2D eigenvalue weighted by molar-refractivity contribution is -0.220. The summed E-state index contributed by atoms with van der Waals surface area (Å²) in [6.07, 6.45) is 28.9. The Morgan fingerprint density at radius 3 is 1.58 bits per heavy atom. The van der Waals surface area contributed by atoms with Crippen molar-refractivity contribution >= 4 is 13.8 Å². The molecule has 6 N–H and O–H groups in total. The van der Waals surface area contributed by atoms with E-state index in [1.807, 2.05) is 0 Å². The third-order valence-corrected chi connectivity index (χ3v) is 11.0. The number of ether oxygens (including phenoxy) is 2. The Balaban J connectivity index is 2.44. The number of carbonyl (C=O) groups excluding carboxylic acids is 1. The maximum absolute atomic E-state index is 12.8. The van der Waals surface area contributed by atoms with E-state index in [2.05, 4.69) is 62.5 Å². The molecule has 6 atom stereocenters. The number of hydrogen-bond donors (Lipinski definition) is 6. The first kappa shape index (κ1) is 53.3. The van der Waals surface area contributed by atoms with Crippen LogP contribution in [0, 0.1) is 0 Å². The quantitative estimate of drug-likeness (QED) is 0.0153. The molecule has 57 heavy (non-hydrogen) atoms. The van der Waals surface area contributed by atoms with Crippen molar-refractivity contribution in [3.05, 3.63) is 48.6 Å². The van der Waals surface area contributed by atoms with E-state index >= 15 is 0 Å². The Kier molecular flexibility index (Phi) is 32.8. The average Bonchev–Trinajstić information content (AvgIpc) is 3.19. The largest absolute Gasteiger partial charge is 0.472 e. The highest BCUT2D eigenvalue weighted by Gasteiger charge is 2.51. The number of rotatable bonds is 36. The van der Waals surface area contributed by atoms with Crippen LogP contribution in [-0.2, 0) is 27.9 Å². The summed E-state index contributed by atoms with van der Waals surface area (Å²) in [6.45, 7) is 4.11. The lowest BCUT2D eigenvalue weighted by Gasteiger charge is -2.41. The van der Waals surface area contributed by atoms with Crippen LogP contribution in [0.2, 0.25) is 0 Å². The summed E-state index contributed by atoms with van der Waals surface area (Å²) in [6, 6.07) is 0. The predicted octanol–water partition coefficient (Wildman–Crippen LogP) is 8.47. The Bertz CT molecular complexity index is 1130. The van der Waals surface area contributed by atoms with Gasteiger partial charge in [-0.15, -0.1) is 0 Å². The topological polar surface area (TPSA) is 192 Å². The van der Waals surface area contributed by atoms with E-state index in [9.17, 15) is 39.8 Å². The molecule has 13 heteroatoms. The molecule has 0 heterocycles. The number of esters is 1. The first-order valence-electron chi connectivity index (χ1n) is 22.0. The molecule has 6 unspecified atom stereocenters. The fourth-order valence-corrected chi connectivity index (χ4v) is 7.44. The van der Waals surface area contributed by atoms with E-state index in [1.165, 1.54) is 64.2 Å². The van der Waals surface area contributed by atoms with Crippen LogP contribution in [0.3, 0.4) is 0 Å². The van der Waals surface area contributed by atoms with Gasteiger partial charge in [0.1, 0.15) is 42.7 Å². The minimum atomic E-state index is -5.02. The number of hydrogen-bond acceptors (Lipinski definition) is 11. The summed E-state index contributed by atoms with van der Waals surface area (Å²) in [7, 11) is -5.02. The number of aliphatic hydroxyl groups is 5. The van der Waals surface area contributed by atoms with Gasteiger partial charge >= 0.3 is 13.8 Å². The Morgan fingerprint density at radius 1 is 0.579 bits per heavy atom. The fourth-order valence-electron chi connectivity index (χ4n) is 6.46. The number of aliphatic hydroxyl groups excluding tert-OH is 5. The summed E-state index contributed by atoms with van der Waals surface area (Å²) in [5, 5.41) is 50.1. The van der Waals surface area contributed by atoms with Crippen LogP contribution < -0.4 is 0 Å². The van der Waals surface area contributed by atoms with Crippen LogP contribution in [0.1, 0.15) is 162 Å². The first-order valence-corrected chi connectivity index (χ1v) is 23.5. The zero-order valence-electron chi connectivity index (χ0n) is 35.1. The Morgan fingerprint density at radius 2 is 1.04 bits per heavy atom. The second-order valence-electron chi connectivity index (χ2n) is 15.2. The van der Waals surface area contributed by atoms with Crippen molar-refractivity contribution in [2.24, 2.45) is 0 Å². The third kappa shape index (κ3) is 27.6. The van der Waals surface area contributed by atoms with Crippen LogP contribution in [0.4, 0.5) is 0 Å². The van der Waals surface area contributed by atoms with E-state index in [0.717, 1.165) is 70.6 Å². The SMILES string of the molecule is CC/C=C\C/C=C\C/C=C\C/C=C\CCCCCCC(=O)OC(COCCCCCCCCCCCCCCC)COP(=O)(O)OC1C(O)C(O)C(O)C(O)C1O. The van der Waals surface area contributed by atoms with Crippen LogP contribution in [-0.4, -0.2) is 98.9 Å². The Labute approximate surface area is 344 Å². The molecule has 0 aliphatic heterocycles. The number of carbonyl (C=O) groups is 1. The van der Waals surface area contributed by atoms with Crippen LogP contribution in [0.15, 0.2) is 48.6 Å². The van der Waals surface area contributed by atoms with E-state index in [0.29, 0.717) is 13.0 Å². The summed E-state index contributed by atoms with van der Waals surface area (Å²) < 4.78 is 34.1. The van der Waals surface area contributed by atoms with Crippen molar-refractivity contribution in [1.82, 2.24) is 0 Å². The highest BCUT2D eigenvalue weighted by atomic mass is 31.2. The molecular formula is C44H79O12P. The number of unbranched alkanes of at least 4 members (excludes halogenated alkanes) is 16. The van der Waals surface area contributed by atoms with Gasteiger partial charge in [-0.05, 0) is 51.4 Å². The average molecular weight is 831 g/mol. The van der Waals surface area contributed by atoms with Gasteiger partial charge in [-0.3, -0.25) is 13.8 Å². The highest BCUT2D eigenvalue weighted by Crippen LogP contribution is 2.47. The van der Waals surface area contributed by atoms with Gasteiger partial charge in [0.25, 0.3) is 0 Å². The maximum Gasteiger partial charge on any atom is 0.472 e. The van der Waals surface area contributed by atoms with E-state index < -0.39 is 63.1 Å². The zero-order valence-corrected chi connectivity index (χ0v) is 36.0. The molecule has 0 amide bonds. The molecule has 0 aromatic rings. The fraction of sp³-hybridized carbons (Fsp3) is 0.795. The highest BCUT2D eigenvalue weighted by molar-refractivity contribution is 7.47. The minimum Gasteiger partial charge on any atom is -0.457 e. The lowest BCUT2D eigenvalue weighted by atomic mass is 9.85. The third-order valence-electron chi connectivity index (χ3n) is 9.97. The molecule has 0 saturated heterocycles. The second kappa shape index (κ2) is 35.1. The molecule has 0 aromatic heterocycles. The first-order chi connectivity index (χ1) is 27.5. The lowest BCUT2D eigenvalue weighted by Crippen LogP contribution is -2.64. The Hall–Kier alpha value is -1.70. The standard InChI is InChI=1S/C44H79O12P/c1-3-5-7-9-11-13-15-17-18-19-20-21-23-25-27-29-31-33-38(45)55-37(35-53-34-32-30-28-26-24-22-16-14-12-10-8-6-4-2)36-54-57(51,52)56-44-42(49)40(47)39(46)41(48)43(44)50/h5,7,11,13,17-18,20-21,37,39-44,46-50H,3-4,6,8-10,12,14-16,19,22-36H2,1-2H3,(H,51,52)/b7-5-,13-11-,18-17-,21-20-. The van der Waals surface area contributed by atoms with Crippen LogP contribution >= 0.6 is 7.82 Å². The van der Waals surface area contributed by atoms with Gasteiger partial charge in [-0.1, -0.05) is 152 Å². The molecular weight excluding hydrogens is 751 g/mol. The van der Waals surface area contributed by atoms with Crippen molar-refractivity contribution in [3.63, 3.8) is 0 Å². The van der Waals surface area contributed by atoms with Crippen molar-refractivity contribution in [2.75, 3.05) is 19.8 Å². The minimum absolute atomic E-state index is 0.0861. The number of phosphoric ester groups is 1. The van der Waals surface area contributed by atoms with Gasteiger partial charge in [0.2, 0.25) is 0 Å². The maximum atomic E-state index is 12.8.